The van der Waals surface area contributed by atoms with E-state index in [1.165, 1.54) is 50.5 Å². The fraction of sp³-hybridized carbons (Fsp3) is 0.667. The van der Waals surface area contributed by atoms with Crippen LogP contribution in [0.3, 0.4) is 0 Å². The number of unbranched alkanes of at least 4 members (excludes halogenated alkanes) is 1. The van der Waals surface area contributed by atoms with Crippen molar-refractivity contribution in [1.29, 1.82) is 0 Å². The second kappa shape index (κ2) is 5.91. The lowest BCUT2D eigenvalue weighted by molar-refractivity contribution is 0.565. The molecule has 1 aliphatic carbocycles. The first kappa shape index (κ1) is 13.6. The molecule has 0 heteroatoms. The molecule has 0 bridgehead atoms. The molecule has 1 unspecified atom stereocenters. The summed E-state index contributed by atoms with van der Waals surface area (Å²) < 4.78 is 0. The van der Waals surface area contributed by atoms with Gasteiger partial charge in [-0.3, -0.25) is 0 Å². The predicted octanol–water partition coefficient (Wildman–Crippen LogP) is 5.48. The molecule has 0 fully saturated rings. The van der Waals surface area contributed by atoms with Gasteiger partial charge in [-0.1, -0.05) is 32.8 Å². The Bertz CT molecular complexity index is 415. The van der Waals surface area contributed by atoms with E-state index in [4.69, 9.17) is 0 Å². The Labute approximate surface area is 113 Å². The van der Waals surface area contributed by atoms with Gasteiger partial charge in [0.1, 0.15) is 0 Å². The summed E-state index contributed by atoms with van der Waals surface area (Å²) in [6, 6.07) is 2.50. The van der Waals surface area contributed by atoms with Crippen LogP contribution in [0, 0.1) is 13.8 Å². The monoisotopic (exact) mass is 244 g/mol. The van der Waals surface area contributed by atoms with Crippen molar-refractivity contribution < 1.29 is 0 Å². The second-order valence-electron chi connectivity index (χ2n) is 5.97. The molecule has 18 heavy (non-hydrogen) atoms. The number of hydrogen-bond donors (Lipinski definition) is 0. The standard InChI is InChI=1S/C18H28/c1-5-7-9-15(6-2)18-12-13(3)14(4)16-10-8-11-17(16)18/h12,15H,5-11H2,1-4H3. The lowest BCUT2D eigenvalue weighted by atomic mass is 9.84. The van der Waals surface area contributed by atoms with Gasteiger partial charge in [0.05, 0.1) is 0 Å². The molecule has 0 N–H and O–H groups in total. The van der Waals surface area contributed by atoms with Gasteiger partial charge in [-0.2, -0.15) is 0 Å². The Morgan fingerprint density at radius 1 is 1.11 bits per heavy atom. The molecule has 0 saturated heterocycles. The number of fused-ring (bicyclic) bond motifs is 1. The van der Waals surface area contributed by atoms with E-state index in [0.717, 1.165) is 5.92 Å². The molecule has 0 radical (unpaired) electrons. The van der Waals surface area contributed by atoms with Gasteiger partial charge in [-0.05, 0) is 79.7 Å². The van der Waals surface area contributed by atoms with Crippen LogP contribution in [0.15, 0.2) is 6.07 Å². The maximum absolute atomic E-state index is 2.50. The Kier molecular flexibility index (Phi) is 4.48. The van der Waals surface area contributed by atoms with Crippen LogP contribution in [0.25, 0.3) is 0 Å². The summed E-state index contributed by atoms with van der Waals surface area (Å²) in [5, 5.41) is 0. The molecule has 1 aliphatic rings. The van der Waals surface area contributed by atoms with E-state index < -0.39 is 0 Å². The number of aryl methyl sites for hydroxylation is 1. The number of benzene rings is 1. The lowest BCUT2D eigenvalue weighted by Gasteiger charge is -2.21. The van der Waals surface area contributed by atoms with Gasteiger partial charge >= 0.3 is 0 Å². The molecule has 1 aromatic rings. The molecule has 0 nitrogen and oxygen atoms in total. The van der Waals surface area contributed by atoms with E-state index in [1.807, 2.05) is 0 Å². The van der Waals surface area contributed by atoms with Gasteiger partial charge in [0.15, 0.2) is 0 Å². The molecule has 1 aromatic carbocycles. The van der Waals surface area contributed by atoms with E-state index >= 15 is 0 Å². The first-order valence-corrected chi connectivity index (χ1v) is 7.80. The Morgan fingerprint density at radius 3 is 2.50 bits per heavy atom. The summed E-state index contributed by atoms with van der Waals surface area (Å²) in [7, 11) is 0. The van der Waals surface area contributed by atoms with E-state index in [0.29, 0.717) is 0 Å². The molecule has 0 aromatic heterocycles. The Hall–Kier alpha value is -0.780. The highest BCUT2D eigenvalue weighted by atomic mass is 14.3. The largest absolute Gasteiger partial charge is 0.0654 e. The Morgan fingerprint density at radius 2 is 1.83 bits per heavy atom. The van der Waals surface area contributed by atoms with Crippen molar-refractivity contribution in [1.82, 2.24) is 0 Å². The van der Waals surface area contributed by atoms with Crippen molar-refractivity contribution in [3.05, 3.63) is 33.9 Å². The van der Waals surface area contributed by atoms with Crippen LogP contribution in [0.2, 0.25) is 0 Å². The van der Waals surface area contributed by atoms with Crippen LogP contribution < -0.4 is 0 Å². The fourth-order valence-electron chi connectivity index (χ4n) is 3.54. The van der Waals surface area contributed by atoms with Crippen molar-refractivity contribution in [3.8, 4) is 0 Å². The zero-order chi connectivity index (χ0) is 13.1. The molecule has 100 valence electrons. The molecule has 1 atom stereocenters. The fourth-order valence-corrected chi connectivity index (χ4v) is 3.54. The first-order chi connectivity index (χ1) is 8.69. The van der Waals surface area contributed by atoms with Gasteiger partial charge in [0.25, 0.3) is 0 Å². The summed E-state index contributed by atoms with van der Waals surface area (Å²) in [6.07, 6.45) is 9.39. The highest BCUT2D eigenvalue weighted by Gasteiger charge is 2.22. The predicted molar refractivity (Wildman–Crippen MR) is 80.5 cm³/mol. The van der Waals surface area contributed by atoms with Crippen LogP contribution in [0.4, 0.5) is 0 Å². The van der Waals surface area contributed by atoms with Gasteiger partial charge in [-0.25, -0.2) is 0 Å². The van der Waals surface area contributed by atoms with E-state index in [9.17, 15) is 0 Å². The zero-order valence-corrected chi connectivity index (χ0v) is 12.6. The minimum Gasteiger partial charge on any atom is -0.0654 e. The van der Waals surface area contributed by atoms with E-state index in [2.05, 4.69) is 33.8 Å². The first-order valence-electron chi connectivity index (χ1n) is 7.80. The van der Waals surface area contributed by atoms with E-state index in [1.54, 1.807) is 22.3 Å². The summed E-state index contributed by atoms with van der Waals surface area (Å²) in [5.74, 6) is 0.802. The van der Waals surface area contributed by atoms with Crippen molar-refractivity contribution in [2.75, 3.05) is 0 Å². The minimum atomic E-state index is 0.802. The number of rotatable bonds is 5. The average Bonchev–Trinajstić information content (AvgIpc) is 2.85. The maximum Gasteiger partial charge on any atom is -0.0162 e. The normalized spacial score (nSPS) is 15.8. The summed E-state index contributed by atoms with van der Waals surface area (Å²) in [4.78, 5) is 0. The van der Waals surface area contributed by atoms with Crippen molar-refractivity contribution >= 4 is 0 Å². The second-order valence-corrected chi connectivity index (χ2v) is 5.97. The SMILES string of the molecule is CCCCC(CC)c1cc(C)c(C)c2c1CCC2. The molecule has 0 heterocycles. The Balaban J connectivity index is 2.37. The van der Waals surface area contributed by atoms with Crippen molar-refractivity contribution in [2.24, 2.45) is 0 Å². The van der Waals surface area contributed by atoms with Crippen LogP contribution in [-0.2, 0) is 12.8 Å². The summed E-state index contributed by atoms with van der Waals surface area (Å²) in [6.45, 7) is 9.27. The third-order valence-electron chi connectivity index (χ3n) is 4.82. The third-order valence-corrected chi connectivity index (χ3v) is 4.82. The number of hydrogen-bond acceptors (Lipinski definition) is 0. The molecule has 0 aliphatic heterocycles. The highest BCUT2D eigenvalue weighted by molar-refractivity contribution is 5.48. The zero-order valence-electron chi connectivity index (χ0n) is 12.6. The van der Waals surface area contributed by atoms with Crippen LogP contribution >= 0.6 is 0 Å². The lowest BCUT2D eigenvalue weighted by Crippen LogP contribution is -2.05. The van der Waals surface area contributed by atoms with Crippen molar-refractivity contribution in [2.45, 2.75) is 78.6 Å². The maximum atomic E-state index is 2.50. The molecular formula is C18H28. The quantitative estimate of drug-likeness (QED) is 0.643. The third kappa shape index (κ3) is 2.48. The van der Waals surface area contributed by atoms with Gasteiger partial charge in [0.2, 0.25) is 0 Å². The molecule has 0 amide bonds. The molecule has 0 saturated carbocycles. The van der Waals surface area contributed by atoms with Crippen LogP contribution in [0.5, 0.6) is 0 Å². The smallest absolute Gasteiger partial charge is 0.0162 e. The van der Waals surface area contributed by atoms with Gasteiger partial charge in [-0.15, -0.1) is 0 Å². The average molecular weight is 244 g/mol. The van der Waals surface area contributed by atoms with Gasteiger partial charge in [0, 0.05) is 0 Å². The highest BCUT2D eigenvalue weighted by Crippen LogP contribution is 2.37. The van der Waals surface area contributed by atoms with Crippen LogP contribution in [-0.4, -0.2) is 0 Å². The van der Waals surface area contributed by atoms with Crippen LogP contribution in [0.1, 0.15) is 79.7 Å². The topological polar surface area (TPSA) is 0 Å². The van der Waals surface area contributed by atoms with E-state index in [-0.39, 0.29) is 0 Å². The minimum absolute atomic E-state index is 0.802. The molecule has 0 spiro atoms. The molecular weight excluding hydrogens is 216 g/mol. The van der Waals surface area contributed by atoms with Gasteiger partial charge < -0.3 is 0 Å². The summed E-state index contributed by atoms with van der Waals surface area (Å²) in [5.41, 5.74) is 8.19. The summed E-state index contributed by atoms with van der Waals surface area (Å²) >= 11 is 0. The molecule has 2 rings (SSSR count). The van der Waals surface area contributed by atoms with Crippen molar-refractivity contribution in [3.63, 3.8) is 0 Å².